The summed E-state index contributed by atoms with van der Waals surface area (Å²) in [4.78, 5) is 4.72. The molecule has 0 bridgehead atoms. The summed E-state index contributed by atoms with van der Waals surface area (Å²) in [5.74, 6) is 0.432. The average molecular weight is 472 g/mol. The first-order valence-corrected chi connectivity index (χ1v) is 12.1. The number of fused-ring (bicyclic) bond motifs is 1. The lowest BCUT2D eigenvalue weighted by Crippen LogP contribution is -2.06. The van der Waals surface area contributed by atoms with Crippen molar-refractivity contribution in [1.29, 1.82) is 0 Å². The van der Waals surface area contributed by atoms with E-state index in [9.17, 15) is 5.11 Å². The Hall–Kier alpha value is -2.98. The molecule has 0 saturated heterocycles. The molecule has 4 rings (SSSR count). The molecule has 3 aromatic carbocycles. The number of pyridine rings is 1. The largest absolute Gasteiger partial charge is 0.364 e. The van der Waals surface area contributed by atoms with Gasteiger partial charge in [0.1, 0.15) is 0 Å². The number of aryl methyl sites for hydroxylation is 1. The zero-order chi connectivity index (χ0) is 23.9. The molecule has 0 aliphatic rings. The van der Waals surface area contributed by atoms with Gasteiger partial charge in [0.2, 0.25) is 0 Å². The van der Waals surface area contributed by atoms with Crippen molar-refractivity contribution in [3.8, 4) is 0 Å². The lowest BCUT2D eigenvalue weighted by molar-refractivity contribution is -0.0774. The van der Waals surface area contributed by atoms with Crippen LogP contribution in [-0.2, 0) is 11.2 Å². The Labute approximate surface area is 206 Å². The third-order valence-corrected chi connectivity index (χ3v) is 6.54. The fraction of sp³-hybridized carbons (Fsp3) is 0.233. The molecule has 1 aromatic heterocycles. The maximum atomic E-state index is 10.2. The standard InChI is InChI=1S/C30H30ClNO2/c1-3-22(12-13-23-8-4-5-10-28(23)30(33)34-2)25-9-6-7-21(19-25)11-17-27-18-15-24-14-16-26(31)20-29(24)32-27/h4-11,14-20,22,30,33H,3,12-13H2,1-2H3. The van der Waals surface area contributed by atoms with Crippen LogP contribution in [0.4, 0.5) is 0 Å². The number of aliphatic hydroxyl groups is 1. The van der Waals surface area contributed by atoms with Crippen LogP contribution in [-0.4, -0.2) is 17.2 Å². The maximum Gasteiger partial charge on any atom is 0.181 e. The van der Waals surface area contributed by atoms with Crippen LogP contribution in [0.3, 0.4) is 0 Å². The number of hydrogen-bond donors (Lipinski definition) is 1. The zero-order valence-corrected chi connectivity index (χ0v) is 20.4. The molecule has 0 amide bonds. The third-order valence-electron chi connectivity index (χ3n) is 6.30. The molecule has 1 N–H and O–H groups in total. The minimum absolute atomic E-state index is 0.432. The van der Waals surface area contributed by atoms with Gasteiger partial charge < -0.3 is 9.84 Å². The van der Waals surface area contributed by atoms with Gasteiger partial charge in [-0.1, -0.05) is 85.3 Å². The van der Waals surface area contributed by atoms with Crippen LogP contribution in [0, 0.1) is 0 Å². The van der Waals surface area contributed by atoms with Crippen molar-refractivity contribution in [3.63, 3.8) is 0 Å². The van der Waals surface area contributed by atoms with E-state index in [1.807, 2.05) is 48.5 Å². The third kappa shape index (κ3) is 5.92. The van der Waals surface area contributed by atoms with Gasteiger partial charge in [0, 0.05) is 23.1 Å². The van der Waals surface area contributed by atoms with E-state index in [4.69, 9.17) is 21.3 Å². The summed E-state index contributed by atoms with van der Waals surface area (Å²) in [6.45, 7) is 2.23. The van der Waals surface area contributed by atoms with E-state index in [-0.39, 0.29) is 0 Å². The monoisotopic (exact) mass is 471 g/mol. The lowest BCUT2D eigenvalue weighted by atomic mass is 9.88. The van der Waals surface area contributed by atoms with Gasteiger partial charge in [-0.05, 0) is 66.1 Å². The van der Waals surface area contributed by atoms with Crippen molar-refractivity contribution >= 4 is 34.7 Å². The van der Waals surface area contributed by atoms with E-state index in [1.165, 1.54) is 12.7 Å². The second-order valence-corrected chi connectivity index (χ2v) is 8.94. The summed E-state index contributed by atoms with van der Waals surface area (Å²) in [7, 11) is 1.53. The number of benzene rings is 3. The first kappa shape index (κ1) is 24.2. The molecule has 1 heterocycles. The molecule has 0 radical (unpaired) electrons. The zero-order valence-electron chi connectivity index (χ0n) is 19.6. The Morgan fingerprint density at radius 2 is 1.79 bits per heavy atom. The maximum absolute atomic E-state index is 10.2. The number of aliphatic hydroxyl groups excluding tert-OH is 1. The molecule has 4 aromatic rings. The highest BCUT2D eigenvalue weighted by molar-refractivity contribution is 6.31. The Bertz CT molecular complexity index is 1280. The SMILES string of the molecule is CCC(CCc1ccccc1C(O)OC)c1cccc(C=Cc2ccc3ccc(Cl)cc3n2)c1. The van der Waals surface area contributed by atoms with Crippen molar-refractivity contribution in [2.75, 3.05) is 7.11 Å². The number of halogens is 1. The predicted octanol–water partition coefficient (Wildman–Crippen LogP) is 7.82. The van der Waals surface area contributed by atoms with Crippen molar-refractivity contribution in [1.82, 2.24) is 4.98 Å². The molecule has 34 heavy (non-hydrogen) atoms. The molecule has 3 nitrogen and oxygen atoms in total. The van der Waals surface area contributed by atoms with E-state index in [0.717, 1.165) is 52.5 Å². The van der Waals surface area contributed by atoms with Gasteiger partial charge in [-0.3, -0.25) is 0 Å². The number of aromatic nitrogens is 1. The van der Waals surface area contributed by atoms with Crippen molar-refractivity contribution in [3.05, 3.63) is 112 Å². The molecule has 0 aliphatic heterocycles. The van der Waals surface area contributed by atoms with Gasteiger partial charge in [0.15, 0.2) is 6.29 Å². The second-order valence-electron chi connectivity index (χ2n) is 8.51. The number of rotatable bonds is 9. The number of ether oxygens (including phenoxy) is 1. The molecular formula is C30H30ClNO2. The van der Waals surface area contributed by atoms with Crippen LogP contribution in [0.15, 0.2) is 78.9 Å². The molecular weight excluding hydrogens is 442 g/mol. The summed E-state index contributed by atoms with van der Waals surface area (Å²) in [6, 6.07) is 26.5. The van der Waals surface area contributed by atoms with Gasteiger partial charge in [-0.2, -0.15) is 0 Å². The smallest absolute Gasteiger partial charge is 0.181 e. The Morgan fingerprint density at radius 3 is 2.62 bits per heavy atom. The molecule has 4 heteroatoms. The molecule has 174 valence electrons. The molecule has 2 unspecified atom stereocenters. The summed E-state index contributed by atoms with van der Waals surface area (Å²) in [6.07, 6.45) is 6.21. The Balaban J connectivity index is 1.49. The summed E-state index contributed by atoms with van der Waals surface area (Å²) in [5.41, 5.74) is 6.26. The quantitative estimate of drug-likeness (QED) is 0.253. The van der Waals surface area contributed by atoms with Crippen LogP contribution in [0.5, 0.6) is 0 Å². The van der Waals surface area contributed by atoms with E-state index < -0.39 is 6.29 Å². The van der Waals surface area contributed by atoms with Gasteiger partial charge in [-0.15, -0.1) is 0 Å². The lowest BCUT2D eigenvalue weighted by Gasteiger charge is -2.18. The van der Waals surface area contributed by atoms with Crippen LogP contribution in [0.25, 0.3) is 23.1 Å². The molecule has 0 fully saturated rings. The van der Waals surface area contributed by atoms with Crippen LogP contribution >= 0.6 is 11.6 Å². The van der Waals surface area contributed by atoms with Crippen LogP contribution in [0.2, 0.25) is 5.02 Å². The highest BCUT2D eigenvalue weighted by Gasteiger charge is 2.14. The fourth-order valence-electron chi connectivity index (χ4n) is 4.36. The van der Waals surface area contributed by atoms with Crippen molar-refractivity contribution in [2.45, 2.75) is 38.4 Å². The first-order chi connectivity index (χ1) is 16.6. The van der Waals surface area contributed by atoms with Crippen LogP contribution < -0.4 is 0 Å². The topological polar surface area (TPSA) is 42.4 Å². The molecule has 0 aliphatic carbocycles. The van der Waals surface area contributed by atoms with Gasteiger partial charge in [-0.25, -0.2) is 4.98 Å². The highest BCUT2D eigenvalue weighted by Crippen LogP contribution is 2.28. The summed E-state index contributed by atoms with van der Waals surface area (Å²) >= 11 is 6.12. The van der Waals surface area contributed by atoms with Gasteiger partial charge in [0.05, 0.1) is 11.2 Å². The Kier molecular flexibility index (Phi) is 8.12. The first-order valence-electron chi connectivity index (χ1n) is 11.7. The van der Waals surface area contributed by atoms with Crippen molar-refractivity contribution in [2.24, 2.45) is 0 Å². The minimum atomic E-state index is -0.885. The normalized spacial score (nSPS) is 13.4. The van der Waals surface area contributed by atoms with E-state index >= 15 is 0 Å². The van der Waals surface area contributed by atoms with E-state index in [0.29, 0.717) is 10.9 Å². The number of methoxy groups -OCH3 is 1. The molecule has 2 atom stereocenters. The number of nitrogens with zero attached hydrogens (tertiary/aromatic N) is 1. The second kappa shape index (κ2) is 11.4. The predicted molar refractivity (Wildman–Crippen MR) is 142 cm³/mol. The summed E-state index contributed by atoms with van der Waals surface area (Å²) in [5, 5.41) is 11.9. The summed E-state index contributed by atoms with van der Waals surface area (Å²) < 4.78 is 5.14. The van der Waals surface area contributed by atoms with Gasteiger partial charge in [0.25, 0.3) is 0 Å². The van der Waals surface area contributed by atoms with Crippen LogP contribution in [0.1, 0.15) is 59.9 Å². The fourth-order valence-corrected chi connectivity index (χ4v) is 4.53. The number of hydrogen-bond acceptors (Lipinski definition) is 3. The highest BCUT2D eigenvalue weighted by atomic mass is 35.5. The Morgan fingerprint density at radius 1 is 0.971 bits per heavy atom. The minimum Gasteiger partial charge on any atom is -0.364 e. The van der Waals surface area contributed by atoms with Gasteiger partial charge >= 0.3 is 0 Å². The molecule has 0 spiro atoms. The molecule has 0 saturated carbocycles. The van der Waals surface area contributed by atoms with Crippen molar-refractivity contribution < 1.29 is 9.84 Å². The average Bonchev–Trinajstić information content (AvgIpc) is 2.87. The van der Waals surface area contributed by atoms with E-state index in [2.05, 4.69) is 49.4 Å². The van der Waals surface area contributed by atoms with E-state index in [1.54, 1.807) is 0 Å².